The van der Waals surface area contributed by atoms with Crippen molar-refractivity contribution in [2.24, 2.45) is 0 Å². The molecule has 1 saturated heterocycles. The number of carbonyl (C=O) groups excluding carboxylic acids is 1. The van der Waals surface area contributed by atoms with E-state index in [2.05, 4.69) is 0 Å². The number of methoxy groups -OCH3 is 1. The quantitative estimate of drug-likeness (QED) is 0.558. The minimum Gasteiger partial charge on any atom is -0.496 e. The summed E-state index contributed by atoms with van der Waals surface area (Å²) in [5, 5.41) is 0. The average Bonchev–Trinajstić information content (AvgIpc) is 3.36. The van der Waals surface area contributed by atoms with Gasteiger partial charge in [-0.25, -0.2) is 13.2 Å². The number of aromatic nitrogens is 1. The van der Waals surface area contributed by atoms with Gasteiger partial charge >= 0.3 is 5.76 Å². The average molecular weight is 430 g/mol. The van der Waals surface area contributed by atoms with Crippen molar-refractivity contribution >= 4 is 26.9 Å². The highest BCUT2D eigenvalue weighted by Gasteiger charge is 2.28. The molecule has 0 saturated carbocycles. The van der Waals surface area contributed by atoms with E-state index in [1.54, 1.807) is 12.1 Å². The van der Waals surface area contributed by atoms with Crippen LogP contribution in [0.4, 0.5) is 0 Å². The lowest BCUT2D eigenvalue weighted by Gasteiger charge is -2.15. The lowest BCUT2D eigenvalue weighted by atomic mass is 10.1. The molecule has 1 aromatic heterocycles. The van der Waals surface area contributed by atoms with Gasteiger partial charge in [0.15, 0.2) is 11.4 Å². The zero-order valence-electron chi connectivity index (χ0n) is 16.8. The normalized spacial score (nSPS) is 15.0. The Balaban J connectivity index is 1.69. The molecule has 8 nitrogen and oxygen atoms in total. The van der Waals surface area contributed by atoms with Crippen molar-refractivity contribution in [3.63, 3.8) is 0 Å². The highest BCUT2D eigenvalue weighted by Crippen LogP contribution is 2.25. The van der Waals surface area contributed by atoms with Crippen molar-refractivity contribution in [2.75, 3.05) is 20.2 Å². The van der Waals surface area contributed by atoms with Crippen LogP contribution >= 0.6 is 0 Å². The third-order valence-electron chi connectivity index (χ3n) is 5.30. The number of hydrogen-bond acceptors (Lipinski definition) is 6. The number of hydrogen-bond donors (Lipinski definition) is 0. The van der Waals surface area contributed by atoms with Crippen molar-refractivity contribution < 1.29 is 22.4 Å². The van der Waals surface area contributed by atoms with E-state index in [0.717, 1.165) is 18.4 Å². The molecule has 0 unspecified atom stereocenters. The van der Waals surface area contributed by atoms with Gasteiger partial charge in [-0.1, -0.05) is 11.6 Å². The summed E-state index contributed by atoms with van der Waals surface area (Å²) in [4.78, 5) is 25.3. The van der Waals surface area contributed by atoms with Crippen LogP contribution in [-0.2, 0) is 16.6 Å². The van der Waals surface area contributed by atoms with Crippen LogP contribution in [0.3, 0.4) is 0 Å². The smallest absolute Gasteiger partial charge is 0.420 e. The van der Waals surface area contributed by atoms with Gasteiger partial charge in [0.05, 0.1) is 29.6 Å². The third kappa shape index (κ3) is 3.54. The minimum absolute atomic E-state index is 0.0736. The molecule has 0 atom stereocenters. The van der Waals surface area contributed by atoms with Gasteiger partial charge in [-0.3, -0.25) is 9.36 Å². The highest BCUT2D eigenvalue weighted by atomic mass is 32.2. The first kappa shape index (κ1) is 20.4. The molecular formula is C21H22N2O6S. The fourth-order valence-electron chi connectivity index (χ4n) is 3.70. The fourth-order valence-corrected chi connectivity index (χ4v) is 5.24. The minimum atomic E-state index is -3.64. The number of ketones is 1. The molecule has 9 heteroatoms. The molecule has 2 heterocycles. The molecule has 0 bridgehead atoms. The maximum atomic E-state index is 12.9. The Bertz CT molecular complexity index is 1280. The highest BCUT2D eigenvalue weighted by molar-refractivity contribution is 7.89. The Kier molecular flexibility index (Phi) is 5.25. The number of aryl methyl sites for hydroxylation is 1. The fraction of sp³-hybridized carbons (Fsp3) is 0.333. The monoisotopic (exact) mass is 430 g/mol. The summed E-state index contributed by atoms with van der Waals surface area (Å²) >= 11 is 0. The molecule has 2 aromatic carbocycles. The molecule has 158 valence electrons. The number of nitrogens with zero attached hydrogens (tertiary/aromatic N) is 2. The molecule has 0 aliphatic carbocycles. The molecule has 3 aromatic rings. The van der Waals surface area contributed by atoms with Crippen molar-refractivity contribution in [1.29, 1.82) is 0 Å². The van der Waals surface area contributed by atoms with Gasteiger partial charge in [-0.05, 0) is 44.0 Å². The standard InChI is InChI=1S/C21H22N2O6S/c1-14-5-8-19(28-2)16(11-14)18(24)13-23-17-7-6-15(12-20(17)29-21(23)25)30(26,27)22-9-3-4-10-22/h5-8,11-12H,3-4,9-10,13H2,1-2H3. The van der Waals surface area contributed by atoms with Crippen LogP contribution in [0.25, 0.3) is 11.1 Å². The maximum absolute atomic E-state index is 12.9. The van der Waals surface area contributed by atoms with Gasteiger partial charge in [-0.15, -0.1) is 0 Å². The Morgan fingerprint density at radius 1 is 1.13 bits per heavy atom. The summed E-state index contributed by atoms with van der Waals surface area (Å²) in [6.45, 7) is 2.58. The zero-order valence-corrected chi connectivity index (χ0v) is 17.6. The first-order valence-electron chi connectivity index (χ1n) is 9.62. The van der Waals surface area contributed by atoms with E-state index in [1.165, 1.54) is 34.2 Å². The van der Waals surface area contributed by atoms with Gasteiger partial charge < -0.3 is 9.15 Å². The first-order chi connectivity index (χ1) is 14.3. The topological polar surface area (TPSA) is 98.8 Å². The summed E-state index contributed by atoms with van der Waals surface area (Å²) in [7, 11) is -2.16. The van der Waals surface area contributed by atoms with Crippen LogP contribution in [0.2, 0.25) is 0 Å². The lowest BCUT2D eigenvalue weighted by Crippen LogP contribution is -2.27. The van der Waals surface area contributed by atoms with Crippen LogP contribution in [-0.4, -0.2) is 43.3 Å². The van der Waals surface area contributed by atoms with Crippen molar-refractivity contribution in [3.05, 3.63) is 58.1 Å². The van der Waals surface area contributed by atoms with E-state index >= 15 is 0 Å². The molecule has 4 rings (SSSR count). The second-order valence-corrected chi connectivity index (χ2v) is 9.26. The second kappa shape index (κ2) is 7.73. The summed E-state index contributed by atoms with van der Waals surface area (Å²) in [5.74, 6) is -0.611. The predicted molar refractivity (Wildman–Crippen MR) is 111 cm³/mol. The molecular weight excluding hydrogens is 408 g/mol. The molecule has 0 N–H and O–H groups in total. The van der Waals surface area contributed by atoms with E-state index in [0.29, 0.717) is 29.9 Å². The van der Waals surface area contributed by atoms with Crippen LogP contribution < -0.4 is 10.5 Å². The summed E-state index contributed by atoms with van der Waals surface area (Å²) < 4.78 is 38.7. The predicted octanol–water partition coefficient (Wildman–Crippen LogP) is 2.58. The van der Waals surface area contributed by atoms with Crippen LogP contribution in [0, 0.1) is 6.92 Å². The van der Waals surface area contributed by atoms with Crippen LogP contribution in [0.5, 0.6) is 5.75 Å². The van der Waals surface area contributed by atoms with E-state index in [9.17, 15) is 18.0 Å². The van der Waals surface area contributed by atoms with Gasteiger partial charge in [0.25, 0.3) is 0 Å². The van der Waals surface area contributed by atoms with Gasteiger partial charge in [-0.2, -0.15) is 4.31 Å². The van der Waals surface area contributed by atoms with Crippen molar-refractivity contribution in [2.45, 2.75) is 31.2 Å². The number of benzene rings is 2. The number of carbonyl (C=O) groups is 1. The Hall–Kier alpha value is -2.91. The largest absolute Gasteiger partial charge is 0.496 e. The van der Waals surface area contributed by atoms with Gasteiger partial charge in [0.2, 0.25) is 10.0 Å². The molecule has 1 fully saturated rings. The number of oxazole rings is 1. The number of ether oxygens (including phenoxy) is 1. The first-order valence-corrected chi connectivity index (χ1v) is 11.1. The number of sulfonamides is 1. The number of Topliss-reactive ketones (excluding diaryl/α,β-unsaturated/α-hetero) is 1. The number of rotatable bonds is 6. The summed E-state index contributed by atoms with van der Waals surface area (Å²) in [6.07, 6.45) is 1.66. The van der Waals surface area contributed by atoms with E-state index in [-0.39, 0.29) is 22.8 Å². The Morgan fingerprint density at radius 3 is 2.57 bits per heavy atom. The molecule has 1 aliphatic heterocycles. The Morgan fingerprint density at radius 2 is 1.87 bits per heavy atom. The molecule has 0 amide bonds. The second-order valence-electron chi connectivity index (χ2n) is 7.32. The molecule has 1 aliphatic rings. The molecule has 30 heavy (non-hydrogen) atoms. The SMILES string of the molecule is COc1ccc(C)cc1C(=O)Cn1c(=O)oc2cc(S(=O)(=O)N3CCCC3)ccc21. The number of fused-ring (bicyclic) bond motifs is 1. The van der Waals surface area contributed by atoms with E-state index in [4.69, 9.17) is 9.15 Å². The third-order valence-corrected chi connectivity index (χ3v) is 7.19. The summed E-state index contributed by atoms with van der Waals surface area (Å²) in [6, 6.07) is 9.53. The summed E-state index contributed by atoms with van der Waals surface area (Å²) in [5.41, 5.74) is 1.75. The van der Waals surface area contributed by atoms with E-state index < -0.39 is 15.8 Å². The van der Waals surface area contributed by atoms with Gasteiger partial charge in [0.1, 0.15) is 5.75 Å². The lowest BCUT2D eigenvalue weighted by molar-refractivity contribution is 0.0967. The maximum Gasteiger partial charge on any atom is 0.420 e. The van der Waals surface area contributed by atoms with Crippen LogP contribution in [0.1, 0.15) is 28.8 Å². The zero-order chi connectivity index (χ0) is 21.5. The van der Waals surface area contributed by atoms with Crippen molar-refractivity contribution in [3.8, 4) is 5.75 Å². The molecule has 0 radical (unpaired) electrons. The van der Waals surface area contributed by atoms with Crippen LogP contribution in [0.15, 0.2) is 50.5 Å². The van der Waals surface area contributed by atoms with E-state index in [1.807, 2.05) is 13.0 Å². The Labute approximate surface area is 173 Å². The molecule has 0 spiro atoms. The van der Waals surface area contributed by atoms with Crippen molar-refractivity contribution in [1.82, 2.24) is 8.87 Å². The van der Waals surface area contributed by atoms with Gasteiger partial charge in [0, 0.05) is 19.2 Å².